The fourth-order valence-electron chi connectivity index (χ4n) is 2.47. The van der Waals surface area contributed by atoms with Crippen LogP contribution in [0.25, 0.3) is 0 Å². The first kappa shape index (κ1) is 18.4. The van der Waals surface area contributed by atoms with E-state index >= 15 is 0 Å². The molecule has 0 radical (unpaired) electrons. The van der Waals surface area contributed by atoms with Crippen molar-refractivity contribution in [1.29, 1.82) is 0 Å². The molecule has 0 aliphatic heterocycles. The molecular weight excluding hydrogens is 284 g/mol. The second-order valence-electron chi connectivity index (χ2n) is 5.18. The minimum absolute atomic E-state index is 0.440. The van der Waals surface area contributed by atoms with Gasteiger partial charge >= 0.3 is 8.80 Å². The van der Waals surface area contributed by atoms with Gasteiger partial charge in [0.2, 0.25) is 0 Å². The molecule has 0 fully saturated rings. The first-order valence-electron chi connectivity index (χ1n) is 8.02. The molecule has 0 aliphatic rings. The molecule has 0 saturated heterocycles. The summed E-state index contributed by atoms with van der Waals surface area (Å²) in [6.07, 6.45) is 5.80. The molecule has 0 aromatic carbocycles. The van der Waals surface area contributed by atoms with Gasteiger partial charge in [-0.1, -0.05) is 0 Å². The second kappa shape index (κ2) is 9.35. The summed E-state index contributed by atoms with van der Waals surface area (Å²) < 4.78 is 19.8. The van der Waals surface area contributed by atoms with Gasteiger partial charge < -0.3 is 17.8 Å². The molecule has 6 heteroatoms. The zero-order valence-electron chi connectivity index (χ0n) is 14.1. The van der Waals surface area contributed by atoms with Crippen molar-refractivity contribution in [3.8, 4) is 0 Å². The highest BCUT2D eigenvalue weighted by atomic mass is 28.4. The Hall–Kier alpha value is -0.693. The maximum atomic E-state index is 5.87. The Morgan fingerprint density at radius 3 is 2.14 bits per heavy atom. The molecule has 1 aromatic rings. The van der Waals surface area contributed by atoms with Gasteiger partial charge in [-0.15, -0.1) is 0 Å². The summed E-state index contributed by atoms with van der Waals surface area (Å²) >= 11 is 0. The fraction of sp³-hybridized carbons (Fsp3) is 0.800. The maximum Gasteiger partial charge on any atom is 0.500 e. The summed E-state index contributed by atoms with van der Waals surface area (Å²) in [5.41, 5.74) is 0. The van der Waals surface area contributed by atoms with Gasteiger partial charge in [-0.2, -0.15) is 0 Å². The number of aryl methyl sites for hydroxylation is 1. The van der Waals surface area contributed by atoms with Gasteiger partial charge in [0.15, 0.2) is 0 Å². The van der Waals surface area contributed by atoms with Crippen LogP contribution >= 0.6 is 0 Å². The largest absolute Gasteiger partial charge is 0.500 e. The first-order valence-corrected chi connectivity index (χ1v) is 9.95. The third-order valence-corrected chi connectivity index (χ3v) is 6.43. The Balaban J connectivity index is 2.61. The summed E-state index contributed by atoms with van der Waals surface area (Å²) in [5, 5.41) is 0. The molecule has 0 saturated carbocycles. The Bertz CT molecular complexity index is 379. The molecular formula is C15H30N2O3Si. The second-order valence-corrected chi connectivity index (χ2v) is 7.91. The van der Waals surface area contributed by atoms with E-state index in [1.54, 1.807) is 0 Å². The summed E-state index contributed by atoms with van der Waals surface area (Å²) in [4.78, 5) is 4.45. The van der Waals surface area contributed by atoms with Crippen LogP contribution in [0.2, 0.25) is 6.04 Å². The van der Waals surface area contributed by atoms with E-state index in [4.69, 9.17) is 13.3 Å². The highest BCUT2D eigenvalue weighted by Gasteiger charge is 2.39. The fourth-order valence-corrected chi connectivity index (χ4v) is 5.08. The van der Waals surface area contributed by atoms with Crippen LogP contribution in [0, 0.1) is 0 Å². The van der Waals surface area contributed by atoms with Crippen LogP contribution in [0.15, 0.2) is 12.4 Å². The molecule has 1 rings (SSSR count). The van der Waals surface area contributed by atoms with Gasteiger partial charge in [0.1, 0.15) is 5.82 Å². The smallest absolute Gasteiger partial charge is 0.374 e. The van der Waals surface area contributed by atoms with Crippen molar-refractivity contribution in [3.63, 3.8) is 0 Å². The van der Waals surface area contributed by atoms with E-state index < -0.39 is 8.80 Å². The van der Waals surface area contributed by atoms with Crippen molar-refractivity contribution >= 4 is 8.80 Å². The minimum Gasteiger partial charge on any atom is -0.374 e. The molecule has 1 heterocycles. The van der Waals surface area contributed by atoms with Crippen LogP contribution < -0.4 is 0 Å². The Labute approximate surface area is 130 Å². The summed E-state index contributed by atoms with van der Waals surface area (Å²) in [6, 6.07) is 1.28. The lowest BCUT2D eigenvalue weighted by Gasteiger charge is -2.28. The van der Waals surface area contributed by atoms with Crippen LogP contribution in [0.1, 0.15) is 52.9 Å². The quantitative estimate of drug-likeness (QED) is 0.587. The monoisotopic (exact) mass is 314 g/mol. The number of hydrogen-bond donors (Lipinski definition) is 0. The number of hydrogen-bond acceptors (Lipinski definition) is 4. The van der Waals surface area contributed by atoms with Gasteiger partial charge in [0.05, 0.1) is 0 Å². The highest BCUT2D eigenvalue weighted by molar-refractivity contribution is 6.60. The van der Waals surface area contributed by atoms with Crippen molar-refractivity contribution in [2.45, 2.75) is 59.5 Å². The number of nitrogens with zero attached hydrogens (tertiary/aromatic N) is 2. The molecule has 0 aliphatic carbocycles. The van der Waals surface area contributed by atoms with E-state index in [-0.39, 0.29) is 0 Å². The van der Waals surface area contributed by atoms with E-state index in [0.29, 0.717) is 25.9 Å². The molecule has 0 N–H and O–H groups in total. The summed E-state index contributed by atoms with van der Waals surface area (Å²) in [5.74, 6) is 1.12. The molecule has 0 atom stereocenters. The van der Waals surface area contributed by atoms with Crippen molar-refractivity contribution in [1.82, 2.24) is 9.55 Å². The molecule has 1 aromatic heterocycles. The lowest BCUT2D eigenvalue weighted by molar-refractivity contribution is 0.0708. The van der Waals surface area contributed by atoms with E-state index in [9.17, 15) is 0 Å². The molecule has 0 unspecified atom stereocenters. The van der Waals surface area contributed by atoms with E-state index in [2.05, 4.69) is 23.4 Å². The van der Waals surface area contributed by atoms with E-state index in [0.717, 1.165) is 24.7 Å². The third kappa shape index (κ3) is 5.54. The highest BCUT2D eigenvalue weighted by Crippen LogP contribution is 2.20. The lowest BCUT2D eigenvalue weighted by Crippen LogP contribution is -2.46. The SMILES string of the molecule is CCO[Si](CCCc1nccn1C(C)C)(OCC)OCC. The van der Waals surface area contributed by atoms with Crippen molar-refractivity contribution < 1.29 is 13.3 Å². The van der Waals surface area contributed by atoms with E-state index in [1.807, 2.05) is 33.2 Å². The number of aromatic nitrogens is 2. The Morgan fingerprint density at radius 1 is 1.10 bits per heavy atom. The predicted octanol–water partition coefficient (Wildman–Crippen LogP) is 3.45. The normalized spacial score (nSPS) is 12.3. The van der Waals surface area contributed by atoms with Crippen LogP contribution in [-0.4, -0.2) is 38.2 Å². The van der Waals surface area contributed by atoms with Crippen molar-refractivity contribution in [2.24, 2.45) is 0 Å². The van der Waals surface area contributed by atoms with Gasteiger partial charge in [0.25, 0.3) is 0 Å². The van der Waals surface area contributed by atoms with Crippen LogP contribution in [-0.2, 0) is 19.7 Å². The average Bonchev–Trinajstić information content (AvgIpc) is 2.88. The number of imidazole rings is 1. The predicted molar refractivity (Wildman–Crippen MR) is 86.4 cm³/mol. The third-order valence-electron chi connectivity index (χ3n) is 3.28. The van der Waals surface area contributed by atoms with Gasteiger partial charge in [-0.05, 0) is 41.0 Å². The Morgan fingerprint density at radius 2 is 1.67 bits per heavy atom. The molecule has 21 heavy (non-hydrogen) atoms. The van der Waals surface area contributed by atoms with Crippen LogP contribution in [0.5, 0.6) is 0 Å². The first-order chi connectivity index (χ1) is 10.1. The molecule has 0 amide bonds. The summed E-state index contributed by atoms with van der Waals surface area (Å²) in [6.45, 7) is 12.2. The summed E-state index contributed by atoms with van der Waals surface area (Å²) in [7, 11) is -2.51. The minimum atomic E-state index is -2.51. The lowest BCUT2D eigenvalue weighted by atomic mass is 10.3. The average molecular weight is 315 g/mol. The topological polar surface area (TPSA) is 45.5 Å². The van der Waals surface area contributed by atoms with Crippen molar-refractivity contribution in [3.05, 3.63) is 18.2 Å². The standard InChI is InChI=1S/C15H30N2O3Si/c1-6-18-21(19-7-2,20-8-3)13-9-10-15-16-11-12-17(15)14(4)5/h11-12,14H,6-10,13H2,1-5H3. The van der Waals surface area contributed by atoms with Gasteiger partial charge in [0, 0.05) is 50.7 Å². The van der Waals surface area contributed by atoms with Gasteiger partial charge in [-0.25, -0.2) is 4.98 Å². The Kier molecular flexibility index (Phi) is 8.17. The number of rotatable bonds is 11. The van der Waals surface area contributed by atoms with Gasteiger partial charge in [-0.3, -0.25) is 0 Å². The molecule has 0 bridgehead atoms. The zero-order chi connectivity index (χ0) is 15.7. The van der Waals surface area contributed by atoms with Crippen LogP contribution in [0.3, 0.4) is 0 Å². The zero-order valence-corrected chi connectivity index (χ0v) is 15.1. The van der Waals surface area contributed by atoms with E-state index in [1.165, 1.54) is 0 Å². The molecule has 0 spiro atoms. The maximum absolute atomic E-state index is 5.87. The molecule has 5 nitrogen and oxygen atoms in total. The van der Waals surface area contributed by atoms with Crippen molar-refractivity contribution in [2.75, 3.05) is 19.8 Å². The van der Waals surface area contributed by atoms with Crippen LogP contribution in [0.4, 0.5) is 0 Å². The molecule has 122 valence electrons.